The van der Waals surface area contributed by atoms with E-state index < -0.39 is 16.9 Å². The molecule has 1 aromatic carbocycles. The van der Waals surface area contributed by atoms with Gasteiger partial charge in [0.1, 0.15) is 5.75 Å². The molecule has 1 amide bonds. The number of aliphatic hydroxyl groups excluding tert-OH is 1. The molecule has 0 bridgehead atoms. The van der Waals surface area contributed by atoms with E-state index in [0.717, 1.165) is 0 Å². The van der Waals surface area contributed by atoms with Crippen molar-refractivity contribution < 1.29 is 19.6 Å². The number of amides is 1. The number of nitro benzene ring substituents is 1. The standard InChI is InChI=1S/C11H14N2O5/c1-7(6-14)12-11(15)9-4-3-8(13(16)17)5-10(9)18-2/h3-5,7,14H,6H2,1-2H3,(H,12,15). The summed E-state index contributed by atoms with van der Waals surface area (Å²) in [5.41, 5.74) is 0.0296. The van der Waals surface area contributed by atoms with E-state index in [2.05, 4.69) is 5.32 Å². The molecular weight excluding hydrogens is 240 g/mol. The van der Waals surface area contributed by atoms with Gasteiger partial charge in [0, 0.05) is 12.1 Å². The molecule has 0 aliphatic heterocycles. The Morgan fingerprint density at radius 3 is 2.78 bits per heavy atom. The lowest BCUT2D eigenvalue weighted by Crippen LogP contribution is -2.35. The van der Waals surface area contributed by atoms with Crippen LogP contribution in [0.15, 0.2) is 18.2 Å². The lowest BCUT2D eigenvalue weighted by atomic mass is 10.1. The third kappa shape index (κ3) is 3.17. The summed E-state index contributed by atoms with van der Waals surface area (Å²) >= 11 is 0. The maximum atomic E-state index is 11.8. The van der Waals surface area contributed by atoms with Crippen molar-refractivity contribution >= 4 is 11.6 Å². The smallest absolute Gasteiger partial charge is 0.273 e. The molecule has 0 aliphatic carbocycles. The van der Waals surface area contributed by atoms with Gasteiger partial charge in [-0.05, 0) is 13.0 Å². The number of hydrogen-bond acceptors (Lipinski definition) is 5. The van der Waals surface area contributed by atoms with Crippen molar-refractivity contribution in [3.8, 4) is 5.75 Å². The molecule has 1 atom stereocenters. The van der Waals surface area contributed by atoms with Crippen LogP contribution in [0.5, 0.6) is 5.75 Å². The number of carbonyl (C=O) groups is 1. The summed E-state index contributed by atoms with van der Waals surface area (Å²) in [6.45, 7) is 1.44. The molecule has 18 heavy (non-hydrogen) atoms. The SMILES string of the molecule is COc1cc([N+](=O)[O-])ccc1C(=O)NC(C)CO. The molecule has 1 unspecified atom stereocenters. The van der Waals surface area contributed by atoms with Crippen LogP contribution in [0.2, 0.25) is 0 Å². The van der Waals surface area contributed by atoms with Crippen LogP contribution in [-0.2, 0) is 0 Å². The van der Waals surface area contributed by atoms with Crippen LogP contribution < -0.4 is 10.1 Å². The Morgan fingerprint density at radius 2 is 2.28 bits per heavy atom. The van der Waals surface area contributed by atoms with E-state index in [4.69, 9.17) is 9.84 Å². The first-order chi connectivity index (χ1) is 8.49. The van der Waals surface area contributed by atoms with Crippen molar-refractivity contribution in [2.45, 2.75) is 13.0 Å². The second-order valence-corrected chi connectivity index (χ2v) is 3.70. The number of aliphatic hydroxyl groups is 1. The summed E-state index contributed by atoms with van der Waals surface area (Å²) in [5, 5.41) is 22.0. The van der Waals surface area contributed by atoms with Crippen molar-refractivity contribution in [3.05, 3.63) is 33.9 Å². The molecule has 1 rings (SSSR count). The van der Waals surface area contributed by atoms with E-state index in [1.807, 2.05) is 0 Å². The van der Waals surface area contributed by atoms with Gasteiger partial charge in [0.05, 0.1) is 30.3 Å². The third-order valence-electron chi connectivity index (χ3n) is 2.29. The molecular formula is C11H14N2O5. The average molecular weight is 254 g/mol. The number of nitrogens with zero attached hydrogens (tertiary/aromatic N) is 1. The summed E-state index contributed by atoms with van der Waals surface area (Å²) in [7, 11) is 1.32. The minimum Gasteiger partial charge on any atom is -0.496 e. The molecule has 0 fully saturated rings. The molecule has 0 radical (unpaired) electrons. The molecule has 0 saturated carbocycles. The Labute approximate surface area is 104 Å². The molecule has 0 heterocycles. The molecule has 0 aromatic heterocycles. The van der Waals surface area contributed by atoms with Crippen LogP contribution in [0.3, 0.4) is 0 Å². The largest absolute Gasteiger partial charge is 0.496 e. The van der Waals surface area contributed by atoms with Crippen molar-refractivity contribution in [1.82, 2.24) is 5.32 Å². The van der Waals surface area contributed by atoms with Crippen molar-refractivity contribution in [2.75, 3.05) is 13.7 Å². The van der Waals surface area contributed by atoms with Gasteiger partial charge in [0.2, 0.25) is 0 Å². The predicted octanol–water partition coefficient (Wildman–Crippen LogP) is 0.714. The van der Waals surface area contributed by atoms with Crippen LogP contribution in [0, 0.1) is 10.1 Å². The van der Waals surface area contributed by atoms with Gasteiger partial charge < -0.3 is 15.2 Å². The van der Waals surface area contributed by atoms with Crippen LogP contribution in [-0.4, -0.2) is 35.7 Å². The number of non-ortho nitro benzene ring substituents is 1. The second-order valence-electron chi connectivity index (χ2n) is 3.70. The number of nitro groups is 1. The Balaban J connectivity index is 3.02. The molecule has 0 aliphatic rings. The van der Waals surface area contributed by atoms with Crippen molar-refractivity contribution in [3.63, 3.8) is 0 Å². The fourth-order valence-electron chi connectivity index (χ4n) is 1.33. The van der Waals surface area contributed by atoms with Gasteiger partial charge in [-0.1, -0.05) is 0 Å². The van der Waals surface area contributed by atoms with Gasteiger partial charge in [-0.2, -0.15) is 0 Å². The summed E-state index contributed by atoms with van der Waals surface area (Å²) in [6.07, 6.45) is 0. The van der Waals surface area contributed by atoms with E-state index >= 15 is 0 Å². The summed E-state index contributed by atoms with van der Waals surface area (Å²) < 4.78 is 4.94. The quantitative estimate of drug-likeness (QED) is 0.595. The normalized spacial score (nSPS) is 11.7. The predicted molar refractivity (Wildman–Crippen MR) is 63.7 cm³/mol. The zero-order valence-corrected chi connectivity index (χ0v) is 10.0. The van der Waals surface area contributed by atoms with Gasteiger partial charge >= 0.3 is 0 Å². The molecule has 1 aromatic rings. The number of hydrogen-bond donors (Lipinski definition) is 2. The minimum atomic E-state index is -0.569. The first-order valence-corrected chi connectivity index (χ1v) is 5.23. The van der Waals surface area contributed by atoms with E-state index in [1.54, 1.807) is 6.92 Å². The van der Waals surface area contributed by atoms with Gasteiger partial charge in [-0.25, -0.2) is 0 Å². The maximum Gasteiger partial charge on any atom is 0.273 e. The zero-order chi connectivity index (χ0) is 13.7. The lowest BCUT2D eigenvalue weighted by molar-refractivity contribution is -0.384. The lowest BCUT2D eigenvalue weighted by Gasteiger charge is -2.12. The molecule has 7 nitrogen and oxygen atoms in total. The number of nitrogens with one attached hydrogen (secondary N) is 1. The van der Waals surface area contributed by atoms with Gasteiger partial charge in [-0.3, -0.25) is 14.9 Å². The highest BCUT2D eigenvalue weighted by Gasteiger charge is 2.17. The summed E-state index contributed by atoms with van der Waals surface area (Å²) in [6, 6.07) is 3.31. The first kappa shape index (κ1) is 13.9. The van der Waals surface area contributed by atoms with Crippen LogP contribution in [0.4, 0.5) is 5.69 Å². The summed E-state index contributed by atoms with van der Waals surface area (Å²) in [5.74, 6) is -0.338. The fraction of sp³-hybridized carbons (Fsp3) is 0.364. The number of methoxy groups -OCH3 is 1. The number of carbonyl (C=O) groups excluding carboxylic acids is 1. The molecule has 0 spiro atoms. The van der Waals surface area contributed by atoms with E-state index in [0.29, 0.717) is 0 Å². The van der Waals surface area contributed by atoms with E-state index in [1.165, 1.54) is 25.3 Å². The fourth-order valence-corrected chi connectivity index (χ4v) is 1.33. The van der Waals surface area contributed by atoms with Gasteiger partial charge in [-0.15, -0.1) is 0 Å². The summed E-state index contributed by atoms with van der Waals surface area (Å²) in [4.78, 5) is 21.8. The number of benzene rings is 1. The highest BCUT2D eigenvalue weighted by Crippen LogP contribution is 2.24. The topological polar surface area (TPSA) is 102 Å². The van der Waals surface area contributed by atoms with Crippen LogP contribution in [0.1, 0.15) is 17.3 Å². The monoisotopic (exact) mass is 254 g/mol. The Kier molecular flexibility index (Phi) is 4.61. The van der Waals surface area contributed by atoms with Crippen molar-refractivity contribution in [2.24, 2.45) is 0 Å². The Hall–Kier alpha value is -2.15. The second kappa shape index (κ2) is 5.97. The van der Waals surface area contributed by atoms with Crippen LogP contribution in [0.25, 0.3) is 0 Å². The Morgan fingerprint density at radius 1 is 1.61 bits per heavy atom. The van der Waals surface area contributed by atoms with E-state index in [-0.39, 0.29) is 23.6 Å². The maximum absolute atomic E-state index is 11.8. The molecule has 2 N–H and O–H groups in total. The first-order valence-electron chi connectivity index (χ1n) is 5.23. The van der Waals surface area contributed by atoms with E-state index in [9.17, 15) is 14.9 Å². The Bertz CT molecular complexity index is 461. The van der Waals surface area contributed by atoms with Crippen LogP contribution >= 0.6 is 0 Å². The highest BCUT2D eigenvalue weighted by molar-refractivity contribution is 5.97. The molecule has 7 heteroatoms. The van der Waals surface area contributed by atoms with Gasteiger partial charge in [0.25, 0.3) is 11.6 Å². The number of rotatable bonds is 5. The number of ether oxygens (including phenoxy) is 1. The average Bonchev–Trinajstić information content (AvgIpc) is 2.37. The zero-order valence-electron chi connectivity index (χ0n) is 10.0. The third-order valence-corrected chi connectivity index (χ3v) is 2.29. The molecule has 98 valence electrons. The van der Waals surface area contributed by atoms with Crippen molar-refractivity contribution in [1.29, 1.82) is 0 Å². The molecule has 0 saturated heterocycles. The minimum absolute atomic E-state index is 0.117. The van der Waals surface area contributed by atoms with Gasteiger partial charge in [0.15, 0.2) is 0 Å². The highest BCUT2D eigenvalue weighted by atomic mass is 16.6.